The predicted molar refractivity (Wildman–Crippen MR) is 207 cm³/mol. The van der Waals surface area contributed by atoms with Gasteiger partial charge in [0, 0.05) is 49.4 Å². The van der Waals surface area contributed by atoms with E-state index in [1.54, 1.807) is 31.0 Å². The van der Waals surface area contributed by atoms with E-state index in [-0.39, 0.29) is 54.7 Å². The Bertz CT molecular complexity index is 1940. The maximum Gasteiger partial charge on any atom is 0.416 e. The minimum Gasteiger partial charge on any atom is -0.490 e. The summed E-state index contributed by atoms with van der Waals surface area (Å²) in [6.45, 7) is 6.03. The van der Waals surface area contributed by atoms with Gasteiger partial charge in [0.05, 0.1) is 41.7 Å². The predicted octanol–water partition coefficient (Wildman–Crippen LogP) is 8.46. The third-order valence-electron chi connectivity index (χ3n) is 9.61. The van der Waals surface area contributed by atoms with Crippen LogP contribution in [-0.2, 0) is 10.9 Å². The minimum absolute atomic E-state index is 0.141. The van der Waals surface area contributed by atoms with Crippen LogP contribution < -0.4 is 20.7 Å². The van der Waals surface area contributed by atoms with Gasteiger partial charge in [-0.15, -0.1) is 0 Å². The van der Waals surface area contributed by atoms with Crippen LogP contribution in [0, 0.1) is 5.92 Å². The molecule has 5 rings (SSSR count). The molecule has 0 spiro atoms. The van der Waals surface area contributed by atoms with Crippen LogP contribution in [0.25, 0.3) is 10.8 Å². The van der Waals surface area contributed by atoms with Crippen LogP contribution in [-0.4, -0.2) is 84.5 Å². The molecule has 5 amide bonds. The average molecular weight is 764 g/mol. The van der Waals surface area contributed by atoms with Gasteiger partial charge in [-0.1, -0.05) is 43.3 Å². The highest BCUT2D eigenvalue weighted by molar-refractivity contribution is 6.03. The van der Waals surface area contributed by atoms with Gasteiger partial charge in [-0.3, -0.25) is 4.79 Å². The number of fused-ring (bicyclic) bond motifs is 2. The Kier molecular flexibility index (Phi) is 13.6. The molecule has 1 aliphatic rings. The lowest BCUT2D eigenvalue weighted by molar-refractivity contribution is -0.137. The van der Waals surface area contributed by atoms with Gasteiger partial charge in [-0.2, -0.15) is 13.2 Å². The van der Waals surface area contributed by atoms with Crippen molar-refractivity contribution in [2.24, 2.45) is 5.92 Å². The second-order valence-electron chi connectivity index (χ2n) is 14.0. The molecule has 4 N–H and O–H groups in total. The second kappa shape index (κ2) is 18.3. The molecule has 0 radical (unpaired) electrons. The third-order valence-corrected chi connectivity index (χ3v) is 9.61. The largest absolute Gasteiger partial charge is 0.490 e. The normalized spacial score (nSPS) is 19.0. The van der Waals surface area contributed by atoms with E-state index in [1.165, 1.54) is 11.0 Å². The van der Waals surface area contributed by atoms with Crippen LogP contribution in [0.15, 0.2) is 84.9 Å². The topological polar surface area (TPSA) is 132 Å². The summed E-state index contributed by atoms with van der Waals surface area (Å²) in [6.07, 6.45) is -3.08. The average Bonchev–Trinajstić information content (AvgIpc) is 3.15. The van der Waals surface area contributed by atoms with E-state index in [0.717, 1.165) is 47.9 Å². The number of aliphatic hydroxyl groups excluding tert-OH is 1. The first-order valence-corrected chi connectivity index (χ1v) is 18.3. The number of aliphatic hydroxyl groups is 1. The Morgan fingerprint density at radius 3 is 2.36 bits per heavy atom. The molecule has 0 unspecified atom stereocenters. The highest BCUT2D eigenvalue weighted by Gasteiger charge is 2.32. The van der Waals surface area contributed by atoms with Crippen molar-refractivity contribution in [1.82, 2.24) is 9.80 Å². The molecule has 11 nitrogen and oxygen atoms in total. The zero-order valence-corrected chi connectivity index (χ0v) is 31.4. The number of nitrogens with zero attached hydrogens (tertiary/aromatic N) is 2. The van der Waals surface area contributed by atoms with Crippen LogP contribution >= 0.6 is 0 Å². The van der Waals surface area contributed by atoms with Crippen LogP contribution in [0.2, 0.25) is 0 Å². The number of anilines is 3. The molecule has 0 aromatic heterocycles. The van der Waals surface area contributed by atoms with Gasteiger partial charge >= 0.3 is 18.2 Å². The number of amides is 5. The maximum atomic E-state index is 14.4. The van der Waals surface area contributed by atoms with Crippen molar-refractivity contribution in [3.8, 4) is 5.75 Å². The Morgan fingerprint density at radius 1 is 0.945 bits per heavy atom. The van der Waals surface area contributed by atoms with E-state index in [2.05, 4.69) is 16.0 Å². The zero-order chi connectivity index (χ0) is 39.7. The molecule has 4 aromatic rings. The first-order valence-electron chi connectivity index (χ1n) is 18.3. The number of halogens is 3. The Hall–Kier alpha value is -5.34. The van der Waals surface area contributed by atoms with E-state index in [9.17, 15) is 32.7 Å². The molecule has 294 valence electrons. The molecule has 0 saturated carbocycles. The van der Waals surface area contributed by atoms with E-state index in [1.807, 2.05) is 56.3 Å². The number of urea groups is 2. The number of hydrogen-bond acceptors (Lipinski definition) is 6. The number of alkyl halides is 3. The highest BCUT2D eigenvalue weighted by Crippen LogP contribution is 2.31. The monoisotopic (exact) mass is 763 g/mol. The third kappa shape index (κ3) is 10.9. The summed E-state index contributed by atoms with van der Waals surface area (Å²) in [5.74, 6) is -0.461. The van der Waals surface area contributed by atoms with Gasteiger partial charge in [0.2, 0.25) is 0 Å². The first kappa shape index (κ1) is 40.8. The summed E-state index contributed by atoms with van der Waals surface area (Å²) in [4.78, 5) is 43.9. The lowest BCUT2D eigenvalue weighted by atomic mass is 10.0. The Labute approximate surface area is 318 Å². The molecule has 4 aromatic carbocycles. The van der Waals surface area contributed by atoms with Crippen molar-refractivity contribution in [3.63, 3.8) is 0 Å². The molecule has 55 heavy (non-hydrogen) atoms. The summed E-state index contributed by atoms with van der Waals surface area (Å²) in [6, 6.07) is 20.5. The van der Waals surface area contributed by atoms with Crippen molar-refractivity contribution in [2.75, 3.05) is 49.3 Å². The van der Waals surface area contributed by atoms with Crippen LogP contribution in [0.3, 0.4) is 0 Å². The fourth-order valence-corrected chi connectivity index (χ4v) is 6.40. The van der Waals surface area contributed by atoms with Gasteiger partial charge in [-0.25, -0.2) is 9.59 Å². The summed E-state index contributed by atoms with van der Waals surface area (Å²) < 4.78 is 51.6. The lowest BCUT2D eigenvalue weighted by Crippen LogP contribution is -2.48. The molecule has 4 atom stereocenters. The zero-order valence-electron chi connectivity index (χ0n) is 31.4. The molecular weight excluding hydrogens is 715 g/mol. The quantitative estimate of drug-likeness (QED) is 0.149. The maximum absolute atomic E-state index is 14.4. The standard InChI is InChI=1S/C41H48F3N5O6/c1-26-23-49(27(2)25-50)38(51)34-22-32(46-39(52)45-31-17-15-30(16-18-31)41(42,43)44)19-20-36(34)55-28(3)10-7-8-21-54-37(26)24-48(4)40(53)47-35-14-9-12-29-11-5-6-13-33(29)35/h5-6,9,11-20,22,26-28,37,50H,7-8,10,21,23-25H2,1-4H3,(H,47,53)(H2,45,46,52)/t26-,27+,28+,37+/m0/s1. The number of ether oxygens (including phenoxy) is 2. The Balaban J connectivity index is 1.35. The van der Waals surface area contributed by atoms with E-state index in [0.29, 0.717) is 24.5 Å². The SMILES string of the molecule is C[C@@H]1CCCCO[C@H](CN(C)C(=O)Nc2cccc3ccccc23)[C@@H](C)CN([C@H](C)CO)C(=O)c2cc(NC(=O)Nc3ccc(C(F)(F)F)cc3)ccc2O1. The summed E-state index contributed by atoms with van der Waals surface area (Å²) in [5, 5.41) is 20.4. The highest BCUT2D eigenvalue weighted by atomic mass is 19.4. The van der Waals surface area contributed by atoms with Crippen molar-refractivity contribution >= 4 is 45.8 Å². The molecule has 0 saturated heterocycles. The van der Waals surface area contributed by atoms with E-state index in [4.69, 9.17) is 9.47 Å². The second-order valence-corrected chi connectivity index (χ2v) is 14.0. The van der Waals surface area contributed by atoms with E-state index < -0.39 is 35.8 Å². The fourth-order valence-electron chi connectivity index (χ4n) is 6.40. The number of likely N-dealkylation sites (N-methyl/N-ethyl adjacent to an activating group) is 1. The number of benzene rings is 4. The summed E-state index contributed by atoms with van der Waals surface area (Å²) in [5.41, 5.74) is 0.360. The van der Waals surface area contributed by atoms with Gasteiger partial charge in [-0.05, 0) is 87.0 Å². The van der Waals surface area contributed by atoms with Gasteiger partial charge in [0.1, 0.15) is 5.75 Å². The lowest BCUT2D eigenvalue weighted by Gasteiger charge is -2.35. The molecule has 1 aliphatic heterocycles. The van der Waals surface area contributed by atoms with Gasteiger partial charge in [0.25, 0.3) is 5.91 Å². The number of carbonyl (C=O) groups is 3. The molecule has 0 fully saturated rings. The number of nitrogens with one attached hydrogen (secondary N) is 3. The summed E-state index contributed by atoms with van der Waals surface area (Å²) in [7, 11) is 1.69. The smallest absolute Gasteiger partial charge is 0.416 e. The number of hydrogen-bond donors (Lipinski definition) is 4. The van der Waals surface area contributed by atoms with Gasteiger partial charge in [0.15, 0.2) is 0 Å². The van der Waals surface area contributed by atoms with Crippen LogP contribution in [0.5, 0.6) is 5.75 Å². The van der Waals surface area contributed by atoms with Crippen molar-refractivity contribution in [3.05, 3.63) is 96.1 Å². The first-order chi connectivity index (χ1) is 26.2. The summed E-state index contributed by atoms with van der Waals surface area (Å²) >= 11 is 0. The molecule has 14 heteroatoms. The molecular formula is C41H48F3N5O6. The van der Waals surface area contributed by atoms with E-state index >= 15 is 0 Å². The molecule has 1 heterocycles. The van der Waals surface area contributed by atoms with Gasteiger partial charge < -0.3 is 40.3 Å². The number of carbonyl (C=O) groups excluding carboxylic acids is 3. The fraction of sp³-hybridized carbons (Fsp3) is 0.390. The Morgan fingerprint density at radius 2 is 1.64 bits per heavy atom. The molecule has 0 aliphatic carbocycles. The van der Waals surface area contributed by atoms with Crippen molar-refractivity contribution < 1.29 is 42.1 Å². The minimum atomic E-state index is -4.51. The van der Waals surface area contributed by atoms with Crippen molar-refractivity contribution in [2.45, 2.75) is 64.5 Å². The molecule has 0 bridgehead atoms. The van der Waals surface area contributed by atoms with Crippen molar-refractivity contribution in [1.29, 1.82) is 0 Å². The van der Waals surface area contributed by atoms with Crippen LogP contribution in [0.1, 0.15) is 56.0 Å². The van der Waals surface area contributed by atoms with Crippen LogP contribution in [0.4, 0.5) is 39.8 Å². The number of rotatable bonds is 7.